The van der Waals surface area contributed by atoms with Crippen LogP contribution in [0.25, 0.3) is 10.6 Å². The highest BCUT2D eigenvalue weighted by atomic mass is 32.1. The van der Waals surface area contributed by atoms with Crippen LogP contribution in [0, 0.1) is 12.8 Å². The van der Waals surface area contributed by atoms with E-state index in [1.54, 1.807) is 30.5 Å². The fourth-order valence-electron chi connectivity index (χ4n) is 4.11. The van der Waals surface area contributed by atoms with Crippen LogP contribution < -0.4 is 14.8 Å². The number of likely N-dealkylation sites (tertiary alicyclic amines) is 1. The molecule has 178 valence electrons. The summed E-state index contributed by atoms with van der Waals surface area (Å²) in [5.74, 6) is 0.903. The van der Waals surface area contributed by atoms with Gasteiger partial charge in [-0.25, -0.2) is 4.98 Å². The van der Waals surface area contributed by atoms with Crippen LogP contribution >= 0.6 is 11.3 Å². The second-order valence-corrected chi connectivity index (χ2v) is 9.21. The second kappa shape index (κ2) is 10.7. The molecule has 0 aliphatic carbocycles. The lowest BCUT2D eigenvalue weighted by molar-refractivity contribution is -0.129. The van der Waals surface area contributed by atoms with Crippen molar-refractivity contribution >= 4 is 23.2 Å². The zero-order chi connectivity index (χ0) is 24.1. The van der Waals surface area contributed by atoms with Crippen LogP contribution in [0.15, 0.2) is 47.8 Å². The van der Waals surface area contributed by atoms with E-state index in [9.17, 15) is 9.59 Å². The topological polar surface area (TPSA) is 80.8 Å². The van der Waals surface area contributed by atoms with Gasteiger partial charge in [-0.15, -0.1) is 11.3 Å². The Balaban J connectivity index is 1.28. The molecule has 1 saturated heterocycles. The minimum Gasteiger partial charge on any atom is -0.493 e. The molecule has 0 bridgehead atoms. The third-order valence-corrected chi connectivity index (χ3v) is 7.00. The SMILES string of the molecule is COc1ccc(CCN2CC(C(=O)NCc3csc(-c4ccccc4C)n3)CC2=O)cc1OC. The molecule has 1 atom stereocenters. The number of hydrogen-bond acceptors (Lipinski definition) is 6. The molecule has 0 radical (unpaired) electrons. The Hall–Kier alpha value is -3.39. The number of rotatable bonds is 9. The van der Waals surface area contributed by atoms with Gasteiger partial charge in [0.15, 0.2) is 11.5 Å². The summed E-state index contributed by atoms with van der Waals surface area (Å²) in [6.07, 6.45) is 0.921. The number of hydrogen-bond donors (Lipinski definition) is 1. The number of amides is 2. The second-order valence-electron chi connectivity index (χ2n) is 8.36. The number of nitrogens with zero attached hydrogens (tertiary/aromatic N) is 2. The van der Waals surface area contributed by atoms with Crippen molar-refractivity contribution in [1.29, 1.82) is 0 Å². The number of ether oxygens (including phenoxy) is 2. The molecule has 8 heteroatoms. The van der Waals surface area contributed by atoms with E-state index in [0.29, 0.717) is 37.6 Å². The minimum atomic E-state index is -0.340. The Morgan fingerprint density at radius 2 is 1.97 bits per heavy atom. The van der Waals surface area contributed by atoms with Crippen molar-refractivity contribution in [1.82, 2.24) is 15.2 Å². The largest absolute Gasteiger partial charge is 0.493 e. The molecule has 0 saturated carbocycles. The zero-order valence-electron chi connectivity index (χ0n) is 19.7. The quantitative estimate of drug-likeness (QED) is 0.504. The van der Waals surface area contributed by atoms with Gasteiger partial charge in [-0.3, -0.25) is 9.59 Å². The van der Waals surface area contributed by atoms with Crippen molar-refractivity contribution in [3.63, 3.8) is 0 Å². The summed E-state index contributed by atoms with van der Waals surface area (Å²) in [6.45, 7) is 3.41. The normalized spacial score (nSPS) is 15.4. The van der Waals surface area contributed by atoms with Gasteiger partial charge in [-0.2, -0.15) is 0 Å². The lowest BCUT2D eigenvalue weighted by Gasteiger charge is -2.17. The average molecular weight is 480 g/mol. The summed E-state index contributed by atoms with van der Waals surface area (Å²) in [6, 6.07) is 13.9. The van der Waals surface area contributed by atoms with Crippen LogP contribution in [0.2, 0.25) is 0 Å². The Labute approximate surface area is 203 Å². The first-order valence-electron chi connectivity index (χ1n) is 11.2. The Bertz CT molecular complexity index is 1180. The first-order valence-corrected chi connectivity index (χ1v) is 12.1. The highest BCUT2D eigenvalue weighted by Crippen LogP contribution is 2.29. The molecule has 2 aromatic carbocycles. The lowest BCUT2D eigenvalue weighted by Crippen LogP contribution is -2.33. The smallest absolute Gasteiger partial charge is 0.225 e. The van der Waals surface area contributed by atoms with Crippen LogP contribution in [-0.2, 0) is 22.6 Å². The molecule has 1 fully saturated rings. The van der Waals surface area contributed by atoms with E-state index in [1.165, 1.54) is 5.56 Å². The zero-order valence-corrected chi connectivity index (χ0v) is 20.5. The number of carbonyl (C=O) groups excluding carboxylic acids is 2. The van der Waals surface area contributed by atoms with E-state index in [4.69, 9.17) is 9.47 Å². The highest BCUT2D eigenvalue weighted by molar-refractivity contribution is 7.13. The van der Waals surface area contributed by atoms with Gasteiger partial charge in [0, 0.05) is 30.5 Å². The maximum Gasteiger partial charge on any atom is 0.225 e. The first kappa shape index (κ1) is 23.8. The molecule has 34 heavy (non-hydrogen) atoms. The molecule has 1 N–H and O–H groups in total. The van der Waals surface area contributed by atoms with Gasteiger partial charge in [-0.05, 0) is 36.6 Å². The van der Waals surface area contributed by atoms with E-state index in [2.05, 4.69) is 29.4 Å². The van der Waals surface area contributed by atoms with E-state index in [1.807, 2.05) is 35.7 Å². The molecule has 1 aliphatic heterocycles. The number of aromatic nitrogens is 1. The summed E-state index contributed by atoms with van der Waals surface area (Å²) >= 11 is 1.57. The van der Waals surface area contributed by atoms with Crippen molar-refractivity contribution < 1.29 is 19.1 Å². The maximum atomic E-state index is 12.7. The lowest BCUT2D eigenvalue weighted by atomic mass is 10.1. The predicted octanol–water partition coefficient (Wildman–Crippen LogP) is 3.84. The average Bonchev–Trinajstić information content (AvgIpc) is 3.48. The van der Waals surface area contributed by atoms with E-state index < -0.39 is 0 Å². The van der Waals surface area contributed by atoms with Crippen molar-refractivity contribution in [3.05, 3.63) is 64.7 Å². The maximum absolute atomic E-state index is 12.7. The Morgan fingerprint density at radius 3 is 2.74 bits per heavy atom. The summed E-state index contributed by atoms with van der Waals surface area (Å²) < 4.78 is 10.6. The Morgan fingerprint density at radius 1 is 1.18 bits per heavy atom. The third-order valence-electron chi connectivity index (χ3n) is 6.07. The number of aryl methyl sites for hydroxylation is 1. The van der Waals surface area contributed by atoms with Crippen LogP contribution in [0.3, 0.4) is 0 Å². The molecular formula is C26H29N3O4S. The van der Waals surface area contributed by atoms with Gasteiger partial charge >= 0.3 is 0 Å². The number of methoxy groups -OCH3 is 2. The van der Waals surface area contributed by atoms with Crippen molar-refractivity contribution in [3.8, 4) is 22.1 Å². The molecule has 2 heterocycles. The van der Waals surface area contributed by atoms with Crippen LogP contribution in [0.4, 0.5) is 0 Å². The van der Waals surface area contributed by atoms with Gasteiger partial charge in [0.25, 0.3) is 0 Å². The first-order chi connectivity index (χ1) is 16.5. The standard InChI is InChI=1S/C26H29N3O4S/c1-17-6-4-5-7-21(17)26-28-20(16-34-26)14-27-25(31)19-13-24(30)29(15-19)11-10-18-8-9-22(32-2)23(12-18)33-3/h4-9,12,16,19H,10-11,13-15H2,1-3H3,(H,27,31). The van der Waals surface area contributed by atoms with Gasteiger partial charge in [-0.1, -0.05) is 30.3 Å². The Kier molecular flexibility index (Phi) is 7.47. The fourth-order valence-corrected chi connectivity index (χ4v) is 5.02. The number of nitrogens with one attached hydrogen (secondary N) is 1. The molecular weight excluding hydrogens is 450 g/mol. The summed E-state index contributed by atoms with van der Waals surface area (Å²) in [5.41, 5.74) is 4.15. The number of carbonyl (C=O) groups is 2. The number of thiazole rings is 1. The fraction of sp³-hybridized carbons (Fsp3) is 0.346. The third kappa shape index (κ3) is 5.39. The van der Waals surface area contributed by atoms with Crippen molar-refractivity contribution in [2.75, 3.05) is 27.3 Å². The molecule has 0 spiro atoms. The van der Waals surface area contributed by atoms with Crippen LogP contribution in [-0.4, -0.2) is 49.0 Å². The monoisotopic (exact) mass is 479 g/mol. The molecule has 7 nitrogen and oxygen atoms in total. The predicted molar refractivity (Wildman–Crippen MR) is 132 cm³/mol. The van der Waals surface area contributed by atoms with E-state index in [0.717, 1.165) is 21.8 Å². The summed E-state index contributed by atoms with van der Waals surface area (Å²) in [4.78, 5) is 31.6. The van der Waals surface area contributed by atoms with Crippen LogP contribution in [0.1, 0.15) is 23.2 Å². The molecule has 4 rings (SSSR count). The molecule has 2 amide bonds. The van der Waals surface area contributed by atoms with E-state index in [-0.39, 0.29) is 24.2 Å². The molecule has 3 aromatic rings. The summed E-state index contributed by atoms with van der Waals surface area (Å²) in [7, 11) is 3.20. The summed E-state index contributed by atoms with van der Waals surface area (Å²) in [5, 5.41) is 5.87. The molecule has 1 aromatic heterocycles. The highest BCUT2D eigenvalue weighted by Gasteiger charge is 2.34. The molecule has 1 unspecified atom stereocenters. The minimum absolute atomic E-state index is 0.0103. The van der Waals surface area contributed by atoms with Crippen LogP contribution in [0.5, 0.6) is 11.5 Å². The van der Waals surface area contributed by atoms with Gasteiger partial charge in [0.2, 0.25) is 11.8 Å². The van der Waals surface area contributed by atoms with Crippen molar-refractivity contribution in [2.45, 2.75) is 26.3 Å². The van der Waals surface area contributed by atoms with Crippen molar-refractivity contribution in [2.24, 2.45) is 5.92 Å². The van der Waals surface area contributed by atoms with E-state index >= 15 is 0 Å². The van der Waals surface area contributed by atoms with Gasteiger partial charge in [0.05, 0.1) is 32.4 Å². The molecule has 1 aliphatic rings. The number of benzene rings is 2. The van der Waals surface area contributed by atoms with Gasteiger partial charge in [0.1, 0.15) is 5.01 Å². The van der Waals surface area contributed by atoms with Gasteiger partial charge < -0.3 is 19.7 Å².